The van der Waals surface area contributed by atoms with E-state index in [1.807, 2.05) is 7.05 Å². The zero-order valence-electron chi connectivity index (χ0n) is 6.28. The monoisotopic (exact) mass is 128 g/mol. The number of hydrogen-bond donors (Lipinski definition) is 2. The van der Waals surface area contributed by atoms with Crippen molar-refractivity contribution in [3.63, 3.8) is 0 Å². The molecule has 2 atom stereocenters. The quantitative estimate of drug-likeness (QED) is 0.527. The van der Waals surface area contributed by atoms with E-state index in [4.69, 9.17) is 0 Å². The first-order valence-electron chi connectivity index (χ1n) is 3.71. The fraction of sp³-hybridized carbons (Fsp3) is 1.00. The summed E-state index contributed by atoms with van der Waals surface area (Å²) in [4.78, 5) is 0. The molecule has 1 saturated heterocycles. The Hall–Kier alpha value is -0.0800. The highest BCUT2D eigenvalue weighted by Gasteiger charge is 2.15. The molecule has 0 amide bonds. The standard InChI is InChI=1S/C7H16N2/c1-6-3-7(8-2)5-9-4-6/h6-9H,3-5H2,1-2H3/t6-,7+/m1/s1. The SMILES string of the molecule is CN[C@@H]1CNC[C@H](C)C1. The van der Waals surface area contributed by atoms with Crippen LogP contribution in [0.15, 0.2) is 0 Å². The molecule has 1 aliphatic rings. The first-order chi connectivity index (χ1) is 4.33. The van der Waals surface area contributed by atoms with Gasteiger partial charge in [-0.05, 0) is 25.9 Å². The second kappa shape index (κ2) is 3.18. The average molecular weight is 128 g/mol. The fourth-order valence-electron chi connectivity index (χ4n) is 1.38. The normalized spacial score (nSPS) is 36.7. The Morgan fingerprint density at radius 2 is 2.22 bits per heavy atom. The maximum Gasteiger partial charge on any atom is 0.0192 e. The maximum absolute atomic E-state index is 3.37. The highest BCUT2D eigenvalue weighted by molar-refractivity contribution is 4.77. The van der Waals surface area contributed by atoms with E-state index in [1.165, 1.54) is 13.0 Å². The fourth-order valence-corrected chi connectivity index (χ4v) is 1.38. The Morgan fingerprint density at radius 1 is 1.44 bits per heavy atom. The summed E-state index contributed by atoms with van der Waals surface area (Å²) in [5.74, 6) is 0.844. The molecule has 0 aromatic carbocycles. The van der Waals surface area contributed by atoms with Crippen molar-refractivity contribution in [3.8, 4) is 0 Å². The lowest BCUT2D eigenvalue weighted by Gasteiger charge is -2.27. The Labute approximate surface area is 57.0 Å². The van der Waals surface area contributed by atoms with Crippen LogP contribution < -0.4 is 10.6 Å². The van der Waals surface area contributed by atoms with Gasteiger partial charge in [-0.15, -0.1) is 0 Å². The third kappa shape index (κ3) is 1.95. The van der Waals surface area contributed by atoms with E-state index in [-0.39, 0.29) is 0 Å². The molecule has 9 heavy (non-hydrogen) atoms. The lowest BCUT2D eigenvalue weighted by Crippen LogP contribution is -2.44. The minimum Gasteiger partial charge on any atom is -0.316 e. The molecule has 0 aliphatic carbocycles. The van der Waals surface area contributed by atoms with Gasteiger partial charge in [0, 0.05) is 12.6 Å². The molecular weight excluding hydrogens is 112 g/mol. The second-order valence-electron chi connectivity index (χ2n) is 2.98. The first-order valence-corrected chi connectivity index (χ1v) is 3.71. The van der Waals surface area contributed by atoms with E-state index in [9.17, 15) is 0 Å². The molecule has 2 N–H and O–H groups in total. The number of nitrogens with one attached hydrogen (secondary N) is 2. The summed E-state index contributed by atoms with van der Waals surface area (Å²) in [7, 11) is 2.03. The predicted molar refractivity (Wildman–Crippen MR) is 39.5 cm³/mol. The minimum absolute atomic E-state index is 0.703. The summed E-state index contributed by atoms with van der Waals surface area (Å²) in [6.45, 7) is 4.62. The Bertz CT molecular complexity index is 83.0. The molecule has 0 spiro atoms. The van der Waals surface area contributed by atoms with Crippen LogP contribution in [0.4, 0.5) is 0 Å². The third-order valence-electron chi connectivity index (χ3n) is 1.98. The topological polar surface area (TPSA) is 24.1 Å². The van der Waals surface area contributed by atoms with E-state index < -0.39 is 0 Å². The predicted octanol–water partition coefficient (Wildman–Crippen LogP) is 0.204. The highest BCUT2D eigenvalue weighted by Crippen LogP contribution is 2.07. The van der Waals surface area contributed by atoms with Crippen molar-refractivity contribution in [1.82, 2.24) is 10.6 Å². The molecule has 0 radical (unpaired) electrons. The van der Waals surface area contributed by atoms with Crippen LogP contribution in [-0.2, 0) is 0 Å². The number of likely N-dealkylation sites (N-methyl/N-ethyl adjacent to an activating group) is 1. The molecule has 0 unspecified atom stereocenters. The van der Waals surface area contributed by atoms with Gasteiger partial charge >= 0.3 is 0 Å². The Morgan fingerprint density at radius 3 is 2.67 bits per heavy atom. The zero-order valence-corrected chi connectivity index (χ0v) is 6.28. The molecule has 1 fully saturated rings. The average Bonchev–Trinajstić information content (AvgIpc) is 1.88. The third-order valence-corrected chi connectivity index (χ3v) is 1.98. The van der Waals surface area contributed by atoms with Crippen molar-refractivity contribution in [2.75, 3.05) is 20.1 Å². The molecule has 1 aliphatic heterocycles. The Balaban J connectivity index is 2.23. The van der Waals surface area contributed by atoms with Crippen molar-refractivity contribution in [3.05, 3.63) is 0 Å². The van der Waals surface area contributed by atoms with E-state index in [0.29, 0.717) is 6.04 Å². The van der Waals surface area contributed by atoms with Crippen LogP contribution in [0.25, 0.3) is 0 Å². The summed E-state index contributed by atoms with van der Waals surface area (Å²) in [5.41, 5.74) is 0. The minimum atomic E-state index is 0.703. The molecule has 1 rings (SSSR count). The van der Waals surface area contributed by atoms with E-state index >= 15 is 0 Å². The van der Waals surface area contributed by atoms with Gasteiger partial charge in [0.2, 0.25) is 0 Å². The summed E-state index contributed by atoms with van der Waals surface area (Å²) in [5, 5.41) is 6.64. The van der Waals surface area contributed by atoms with Crippen LogP contribution in [0.5, 0.6) is 0 Å². The van der Waals surface area contributed by atoms with Crippen LogP contribution in [0.3, 0.4) is 0 Å². The molecule has 0 bridgehead atoms. The smallest absolute Gasteiger partial charge is 0.0192 e. The summed E-state index contributed by atoms with van der Waals surface area (Å²) in [6, 6.07) is 0.703. The van der Waals surface area contributed by atoms with Crippen LogP contribution in [0.2, 0.25) is 0 Å². The van der Waals surface area contributed by atoms with Crippen molar-refractivity contribution in [2.24, 2.45) is 5.92 Å². The van der Waals surface area contributed by atoms with Crippen LogP contribution in [-0.4, -0.2) is 26.2 Å². The molecule has 0 aromatic rings. The molecule has 54 valence electrons. The molecule has 0 aromatic heterocycles. The molecule has 2 nitrogen and oxygen atoms in total. The summed E-state index contributed by atoms with van der Waals surface area (Å²) >= 11 is 0. The summed E-state index contributed by atoms with van der Waals surface area (Å²) < 4.78 is 0. The Kier molecular flexibility index (Phi) is 2.49. The van der Waals surface area contributed by atoms with Gasteiger partial charge in [0.15, 0.2) is 0 Å². The van der Waals surface area contributed by atoms with E-state index in [0.717, 1.165) is 12.5 Å². The van der Waals surface area contributed by atoms with Crippen molar-refractivity contribution in [2.45, 2.75) is 19.4 Å². The van der Waals surface area contributed by atoms with Crippen LogP contribution in [0.1, 0.15) is 13.3 Å². The lowest BCUT2D eigenvalue weighted by molar-refractivity contribution is 0.333. The van der Waals surface area contributed by atoms with Gasteiger partial charge < -0.3 is 10.6 Å². The van der Waals surface area contributed by atoms with Gasteiger partial charge in [0.05, 0.1) is 0 Å². The number of piperidine rings is 1. The summed E-state index contributed by atoms with van der Waals surface area (Å²) in [6.07, 6.45) is 1.32. The number of rotatable bonds is 1. The van der Waals surface area contributed by atoms with Crippen LogP contribution >= 0.6 is 0 Å². The van der Waals surface area contributed by atoms with Crippen LogP contribution in [0, 0.1) is 5.92 Å². The number of hydrogen-bond acceptors (Lipinski definition) is 2. The van der Waals surface area contributed by atoms with Gasteiger partial charge in [-0.25, -0.2) is 0 Å². The van der Waals surface area contributed by atoms with Gasteiger partial charge in [-0.1, -0.05) is 6.92 Å². The second-order valence-corrected chi connectivity index (χ2v) is 2.98. The maximum atomic E-state index is 3.37. The van der Waals surface area contributed by atoms with Gasteiger partial charge in [0.25, 0.3) is 0 Å². The molecule has 1 heterocycles. The highest BCUT2D eigenvalue weighted by atomic mass is 15.0. The first kappa shape index (κ1) is 7.03. The van der Waals surface area contributed by atoms with Gasteiger partial charge in [-0.3, -0.25) is 0 Å². The van der Waals surface area contributed by atoms with Gasteiger partial charge in [-0.2, -0.15) is 0 Å². The lowest BCUT2D eigenvalue weighted by atomic mass is 9.98. The van der Waals surface area contributed by atoms with Crippen molar-refractivity contribution in [1.29, 1.82) is 0 Å². The van der Waals surface area contributed by atoms with E-state index in [1.54, 1.807) is 0 Å². The largest absolute Gasteiger partial charge is 0.316 e. The molecule has 0 saturated carbocycles. The van der Waals surface area contributed by atoms with Crippen molar-refractivity contribution >= 4 is 0 Å². The molecular formula is C7H16N2. The van der Waals surface area contributed by atoms with Gasteiger partial charge in [0.1, 0.15) is 0 Å². The zero-order chi connectivity index (χ0) is 6.69. The van der Waals surface area contributed by atoms with Crippen molar-refractivity contribution < 1.29 is 0 Å². The molecule has 2 heteroatoms. The van der Waals surface area contributed by atoms with E-state index in [2.05, 4.69) is 17.6 Å².